The minimum Gasteiger partial charge on any atom is -0.368 e. The highest BCUT2D eigenvalue weighted by molar-refractivity contribution is 6.03. The van der Waals surface area contributed by atoms with Gasteiger partial charge >= 0.3 is 6.18 Å². The number of rotatable bonds is 4. The van der Waals surface area contributed by atoms with Crippen molar-refractivity contribution in [1.82, 2.24) is 15.0 Å². The zero-order valence-corrected chi connectivity index (χ0v) is 16.4. The largest absolute Gasteiger partial charge is 0.433 e. The molecule has 1 aliphatic heterocycles. The Kier molecular flexibility index (Phi) is 5.70. The van der Waals surface area contributed by atoms with Crippen LogP contribution in [0.2, 0.25) is 0 Å². The van der Waals surface area contributed by atoms with E-state index in [9.17, 15) is 18.0 Å². The average Bonchev–Trinajstić information content (AvgIpc) is 2.80. The van der Waals surface area contributed by atoms with E-state index in [0.717, 1.165) is 44.5 Å². The lowest BCUT2D eigenvalue weighted by Crippen LogP contribution is -2.47. The van der Waals surface area contributed by atoms with Gasteiger partial charge in [0.25, 0.3) is 5.91 Å². The molecule has 1 saturated heterocycles. The van der Waals surface area contributed by atoms with Crippen LogP contribution in [0.3, 0.4) is 0 Å². The first-order valence-corrected chi connectivity index (χ1v) is 9.62. The molecule has 1 aliphatic rings. The van der Waals surface area contributed by atoms with Crippen LogP contribution in [0.4, 0.5) is 30.5 Å². The fraction of sp³-hybridized carbons (Fsp3) is 0.238. The van der Waals surface area contributed by atoms with Crippen molar-refractivity contribution in [2.45, 2.75) is 6.18 Å². The predicted octanol–water partition coefficient (Wildman–Crippen LogP) is 3.47. The average molecular weight is 428 g/mol. The number of nitrogens with one attached hydrogen (secondary N) is 1. The Labute approximate surface area is 176 Å². The summed E-state index contributed by atoms with van der Waals surface area (Å²) in [7, 11) is 0. The third kappa shape index (κ3) is 4.90. The molecular formula is C21H19F3N6O. The van der Waals surface area contributed by atoms with Gasteiger partial charge in [0, 0.05) is 38.1 Å². The summed E-state index contributed by atoms with van der Waals surface area (Å²) < 4.78 is 37.7. The summed E-state index contributed by atoms with van der Waals surface area (Å²) in [4.78, 5) is 28.5. The van der Waals surface area contributed by atoms with Gasteiger partial charge in [-0.2, -0.15) is 13.2 Å². The third-order valence-corrected chi connectivity index (χ3v) is 4.90. The number of hydrogen-bond acceptors (Lipinski definition) is 6. The minimum atomic E-state index is -4.55. The number of carbonyl (C=O) groups is 1. The minimum absolute atomic E-state index is 0.00844. The molecule has 1 aromatic carbocycles. The number of nitrogens with zero attached hydrogens (tertiary/aromatic N) is 5. The first-order chi connectivity index (χ1) is 14.9. The quantitative estimate of drug-likeness (QED) is 0.686. The van der Waals surface area contributed by atoms with E-state index < -0.39 is 17.8 Å². The number of aromatic nitrogens is 3. The summed E-state index contributed by atoms with van der Waals surface area (Å²) in [6, 6.07) is 12.0. The molecule has 3 aromatic rings. The number of piperazine rings is 1. The maximum absolute atomic E-state index is 12.6. The monoisotopic (exact) mass is 428 g/mol. The van der Waals surface area contributed by atoms with E-state index in [0.29, 0.717) is 11.6 Å². The van der Waals surface area contributed by atoms with Crippen LogP contribution in [0.25, 0.3) is 0 Å². The summed E-state index contributed by atoms with van der Waals surface area (Å²) in [6.45, 7) is 3.20. The van der Waals surface area contributed by atoms with Crippen molar-refractivity contribution in [3.8, 4) is 0 Å². The van der Waals surface area contributed by atoms with Crippen LogP contribution in [-0.2, 0) is 6.18 Å². The number of benzene rings is 1. The van der Waals surface area contributed by atoms with Gasteiger partial charge in [0.2, 0.25) is 5.95 Å². The highest BCUT2D eigenvalue weighted by Gasteiger charge is 2.32. The number of halogens is 3. The second-order valence-corrected chi connectivity index (χ2v) is 6.97. The molecule has 0 aliphatic carbocycles. The van der Waals surface area contributed by atoms with Gasteiger partial charge in [-0.05, 0) is 24.3 Å². The topological polar surface area (TPSA) is 74.2 Å². The predicted molar refractivity (Wildman–Crippen MR) is 110 cm³/mol. The Hall–Kier alpha value is -3.69. The van der Waals surface area contributed by atoms with E-state index in [1.165, 1.54) is 18.1 Å². The SMILES string of the molecule is O=C(Nc1cnc(N2CCN(c3ccccc3)CC2)nc1)c1ccc(C(F)(F)F)nc1. The molecule has 1 N–H and O–H groups in total. The number of hydrogen-bond donors (Lipinski definition) is 1. The fourth-order valence-corrected chi connectivity index (χ4v) is 3.25. The van der Waals surface area contributed by atoms with Crippen LogP contribution >= 0.6 is 0 Å². The van der Waals surface area contributed by atoms with Crippen LogP contribution in [0.1, 0.15) is 16.1 Å². The van der Waals surface area contributed by atoms with Gasteiger partial charge in [-0.15, -0.1) is 0 Å². The van der Waals surface area contributed by atoms with Crippen molar-refractivity contribution < 1.29 is 18.0 Å². The van der Waals surface area contributed by atoms with E-state index in [1.54, 1.807) is 0 Å². The van der Waals surface area contributed by atoms with Gasteiger partial charge in [0.15, 0.2) is 0 Å². The van der Waals surface area contributed by atoms with Crippen LogP contribution in [0.5, 0.6) is 0 Å². The first-order valence-electron chi connectivity index (χ1n) is 9.62. The molecule has 31 heavy (non-hydrogen) atoms. The maximum atomic E-state index is 12.6. The van der Waals surface area contributed by atoms with Crippen molar-refractivity contribution >= 4 is 23.2 Å². The van der Waals surface area contributed by atoms with Crippen molar-refractivity contribution in [1.29, 1.82) is 0 Å². The molecule has 3 heterocycles. The number of carbonyl (C=O) groups excluding carboxylic acids is 1. The van der Waals surface area contributed by atoms with Crippen molar-refractivity contribution in [3.63, 3.8) is 0 Å². The molecule has 4 rings (SSSR count). The molecule has 0 spiro atoms. The van der Waals surface area contributed by atoms with Gasteiger partial charge in [-0.25, -0.2) is 9.97 Å². The lowest BCUT2D eigenvalue weighted by Gasteiger charge is -2.36. The van der Waals surface area contributed by atoms with Gasteiger partial charge in [-0.1, -0.05) is 18.2 Å². The summed E-state index contributed by atoms with van der Waals surface area (Å²) in [6.07, 6.45) is -0.715. The second-order valence-electron chi connectivity index (χ2n) is 6.97. The normalized spacial score (nSPS) is 14.4. The number of amides is 1. The summed E-state index contributed by atoms with van der Waals surface area (Å²) in [5, 5.41) is 2.56. The van der Waals surface area contributed by atoms with Gasteiger partial charge in [0.05, 0.1) is 23.6 Å². The molecule has 7 nitrogen and oxygen atoms in total. The van der Waals surface area contributed by atoms with Gasteiger partial charge in [-0.3, -0.25) is 9.78 Å². The summed E-state index contributed by atoms with van der Waals surface area (Å²) in [5.41, 5.74) is 0.480. The third-order valence-electron chi connectivity index (χ3n) is 4.90. The molecule has 1 fully saturated rings. The van der Waals surface area contributed by atoms with Gasteiger partial charge in [0.1, 0.15) is 5.69 Å². The van der Waals surface area contributed by atoms with E-state index in [-0.39, 0.29) is 5.56 Å². The van der Waals surface area contributed by atoms with Crippen LogP contribution in [0, 0.1) is 0 Å². The molecule has 2 aromatic heterocycles. The Morgan fingerprint density at radius 3 is 2.06 bits per heavy atom. The molecule has 0 radical (unpaired) electrons. The highest BCUT2D eigenvalue weighted by atomic mass is 19.4. The van der Waals surface area contributed by atoms with E-state index >= 15 is 0 Å². The van der Waals surface area contributed by atoms with Crippen LogP contribution < -0.4 is 15.1 Å². The molecular weight excluding hydrogens is 409 g/mol. The molecule has 0 bridgehead atoms. The van der Waals surface area contributed by atoms with Gasteiger partial charge < -0.3 is 15.1 Å². The number of alkyl halides is 3. The van der Waals surface area contributed by atoms with Crippen molar-refractivity contribution in [2.75, 3.05) is 41.3 Å². The zero-order chi connectivity index (χ0) is 21.8. The zero-order valence-electron chi connectivity index (χ0n) is 16.4. The van der Waals surface area contributed by atoms with Crippen molar-refractivity contribution in [2.24, 2.45) is 0 Å². The lowest BCUT2D eigenvalue weighted by atomic mass is 10.2. The molecule has 160 valence electrons. The number of para-hydroxylation sites is 1. The number of anilines is 3. The lowest BCUT2D eigenvalue weighted by molar-refractivity contribution is -0.141. The standard InChI is InChI=1S/C21H19F3N6O/c22-21(23,24)18-7-6-15(12-25-18)19(31)28-16-13-26-20(27-14-16)30-10-8-29(9-11-30)17-4-2-1-3-5-17/h1-7,12-14H,8-11H2,(H,28,31). The van der Waals surface area contributed by atoms with E-state index in [4.69, 9.17) is 0 Å². The van der Waals surface area contributed by atoms with Crippen LogP contribution in [0.15, 0.2) is 61.1 Å². The fourth-order valence-electron chi connectivity index (χ4n) is 3.25. The Morgan fingerprint density at radius 1 is 0.839 bits per heavy atom. The second kappa shape index (κ2) is 8.58. The molecule has 0 atom stereocenters. The Balaban J connectivity index is 1.34. The van der Waals surface area contributed by atoms with Crippen molar-refractivity contribution in [3.05, 3.63) is 72.3 Å². The molecule has 0 unspecified atom stereocenters. The highest BCUT2D eigenvalue weighted by Crippen LogP contribution is 2.27. The summed E-state index contributed by atoms with van der Waals surface area (Å²) in [5.74, 6) is -0.0315. The van der Waals surface area contributed by atoms with Crippen LogP contribution in [-0.4, -0.2) is 47.0 Å². The molecule has 0 saturated carbocycles. The van der Waals surface area contributed by atoms with E-state index in [2.05, 4.69) is 42.2 Å². The Morgan fingerprint density at radius 2 is 1.48 bits per heavy atom. The molecule has 10 heteroatoms. The molecule has 1 amide bonds. The maximum Gasteiger partial charge on any atom is 0.433 e. The first kappa shape index (κ1) is 20.6. The summed E-state index contributed by atoms with van der Waals surface area (Å²) >= 11 is 0. The Bertz CT molecular complexity index is 1020. The number of pyridine rings is 1. The van der Waals surface area contributed by atoms with E-state index in [1.807, 2.05) is 18.2 Å². The smallest absolute Gasteiger partial charge is 0.368 e.